The van der Waals surface area contributed by atoms with E-state index >= 15 is 0 Å². The van der Waals surface area contributed by atoms with E-state index in [-0.39, 0.29) is 11.9 Å². The second-order valence-corrected chi connectivity index (χ2v) is 3.16. The van der Waals surface area contributed by atoms with Crippen LogP contribution < -0.4 is 5.32 Å². The lowest BCUT2D eigenvalue weighted by Gasteiger charge is -2.22. The Morgan fingerprint density at radius 2 is 2.17 bits per heavy atom. The summed E-state index contributed by atoms with van der Waals surface area (Å²) < 4.78 is 0. The van der Waals surface area contributed by atoms with Gasteiger partial charge in [-0.3, -0.25) is 4.79 Å². The Labute approximate surface area is 71.6 Å². The van der Waals surface area contributed by atoms with E-state index in [4.69, 9.17) is 0 Å². The van der Waals surface area contributed by atoms with Gasteiger partial charge in [-0.1, -0.05) is 24.3 Å². The minimum Gasteiger partial charge on any atom is -0.349 e. The molecule has 62 valence electrons. The van der Waals surface area contributed by atoms with Crippen molar-refractivity contribution < 1.29 is 4.79 Å². The molecule has 1 heterocycles. The molecule has 2 nitrogen and oxygen atoms in total. The van der Waals surface area contributed by atoms with E-state index in [0.29, 0.717) is 6.42 Å². The standard InChI is InChI=1S/C10H11NO/c1-7-9-5-3-2-4-8(9)6-10(12)11-7/h2-5,7H,6H2,1H3,(H,11,12). The molecule has 1 aliphatic rings. The maximum atomic E-state index is 11.1. The zero-order chi connectivity index (χ0) is 8.55. The topological polar surface area (TPSA) is 29.1 Å². The van der Waals surface area contributed by atoms with Crippen molar-refractivity contribution in [3.63, 3.8) is 0 Å². The molecule has 2 heteroatoms. The lowest BCUT2D eigenvalue weighted by molar-refractivity contribution is -0.121. The average molecular weight is 161 g/mol. The van der Waals surface area contributed by atoms with Crippen LogP contribution in [0.5, 0.6) is 0 Å². The molecule has 1 aliphatic heterocycles. The summed E-state index contributed by atoms with van der Waals surface area (Å²) in [7, 11) is 0. The van der Waals surface area contributed by atoms with Gasteiger partial charge in [-0.25, -0.2) is 0 Å². The fraction of sp³-hybridized carbons (Fsp3) is 0.300. The van der Waals surface area contributed by atoms with Crippen molar-refractivity contribution in [2.45, 2.75) is 19.4 Å². The van der Waals surface area contributed by atoms with Crippen LogP contribution in [0.1, 0.15) is 24.1 Å². The van der Waals surface area contributed by atoms with Crippen LogP contribution in [-0.2, 0) is 11.2 Å². The summed E-state index contributed by atoms with van der Waals surface area (Å²) in [6.45, 7) is 2.01. The number of benzene rings is 1. The lowest BCUT2D eigenvalue weighted by Crippen LogP contribution is -2.33. The van der Waals surface area contributed by atoms with Crippen LogP contribution in [0.3, 0.4) is 0 Å². The molecule has 0 aromatic heterocycles. The number of nitrogens with one attached hydrogen (secondary N) is 1. The number of fused-ring (bicyclic) bond motifs is 1. The van der Waals surface area contributed by atoms with E-state index in [1.165, 1.54) is 5.56 Å². The molecule has 12 heavy (non-hydrogen) atoms. The summed E-state index contributed by atoms with van der Waals surface area (Å²) >= 11 is 0. The Balaban J connectivity index is 2.47. The van der Waals surface area contributed by atoms with Gasteiger partial charge in [-0.15, -0.1) is 0 Å². The molecule has 0 saturated heterocycles. The zero-order valence-electron chi connectivity index (χ0n) is 7.00. The van der Waals surface area contributed by atoms with Crippen molar-refractivity contribution in [1.29, 1.82) is 0 Å². The van der Waals surface area contributed by atoms with Gasteiger partial charge in [0, 0.05) is 0 Å². The first-order valence-electron chi connectivity index (χ1n) is 4.14. The van der Waals surface area contributed by atoms with Crippen molar-refractivity contribution >= 4 is 5.91 Å². The predicted octanol–water partition coefficient (Wildman–Crippen LogP) is 1.42. The van der Waals surface area contributed by atoms with Crippen molar-refractivity contribution in [2.24, 2.45) is 0 Å². The average Bonchev–Trinajstić information content (AvgIpc) is 2.04. The Kier molecular flexibility index (Phi) is 1.61. The molecule has 0 radical (unpaired) electrons. The maximum absolute atomic E-state index is 11.1. The highest BCUT2D eigenvalue weighted by Gasteiger charge is 2.19. The lowest BCUT2D eigenvalue weighted by atomic mass is 9.95. The number of amides is 1. The first kappa shape index (κ1) is 7.35. The third-order valence-corrected chi connectivity index (χ3v) is 2.25. The Morgan fingerprint density at radius 1 is 1.42 bits per heavy atom. The summed E-state index contributed by atoms with van der Waals surface area (Å²) in [6.07, 6.45) is 0.528. The molecule has 0 saturated carbocycles. The second-order valence-electron chi connectivity index (χ2n) is 3.16. The van der Waals surface area contributed by atoms with E-state index in [0.717, 1.165) is 5.56 Å². The molecule has 1 aromatic rings. The van der Waals surface area contributed by atoms with E-state index < -0.39 is 0 Å². The molecule has 1 amide bonds. The summed E-state index contributed by atoms with van der Waals surface area (Å²) in [5.41, 5.74) is 2.41. The molecular formula is C10H11NO. The van der Waals surface area contributed by atoms with Crippen LogP contribution in [0.25, 0.3) is 0 Å². The van der Waals surface area contributed by atoms with Crippen molar-refractivity contribution in [3.05, 3.63) is 35.4 Å². The minimum atomic E-state index is 0.126. The van der Waals surface area contributed by atoms with Crippen LogP contribution in [0.2, 0.25) is 0 Å². The Morgan fingerprint density at radius 3 is 3.00 bits per heavy atom. The van der Waals surface area contributed by atoms with Crippen LogP contribution in [-0.4, -0.2) is 5.91 Å². The van der Waals surface area contributed by atoms with Gasteiger partial charge in [0.05, 0.1) is 12.5 Å². The molecule has 0 bridgehead atoms. The highest BCUT2D eigenvalue weighted by Crippen LogP contribution is 2.21. The zero-order valence-corrected chi connectivity index (χ0v) is 7.00. The SMILES string of the molecule is CC1NC(=O)Cc2ccccc21. The molecule has 2 rings (SSSR count). The van der Waals surface area contributed by atoms with Gasteiger partial charge in [0.15, 0.2) is 0 Å². The Bertz CT molecular complexity index is 319. The van der Waals surface area contributed by atoms with Gasteiger partial charge in [0.2, 0.25) is 5.91 Å². The molecule has 0 fully saturated rings. The van der Waals surface area contributed by atoms with E-state index in [1.807, 2.05) is 25.1 Å². The van der Waals surface area contributed by atoms with Crippen molar-refractivity contribution in [2.75, 3.05) is 0 Å². The van der Waals surface area contributed by atoms with Crippen LogP contribution in [0.4, 0.5) is 0 Å². The number of rotatable bonds is 0. The fourth-order valence-corrected chi connectivity index (χ4v) is 1.66. The van der Waals surface area contributed by atoms with Crippen LogP contribution in [0, 0.1) is 0 Å². The van der Waals surface area contributed by atoms with Gasteiger partial charge in [-0.05, 0) is 18.1 Å². The van der Waals surface area contributed by atoms with Crippen LogP contribution in [0.15, 0.2) is 24.3 Å². The highest BCUT2D eigenvalue weighted by molar-refractivity contribution is 5.81. The maximum Gasteiger partial charge on any atom is 0.224 e. The second kappa shape index (κ2) is 2.63. The number of hydrogen-bond acceptors (Lipinski definition) is 1. The molecule has 1 N–H and O–H groups in total. The first-order valence-corrected chi connectivity index (χ1v) is 4.14. The largest absolute Gasteiger partial charge is 0.349 e. The molecule has 1 atom stereocenters. The van der Waals surface area contributed by atoms with E-state index in [1.54, 1.807) is 0 Å². The Hall–Kier alpha value is -1.31. The van der Waals surface area contributed by atoms with Crippen molar-refractivity contribution in [1.82, 2.24) is 5.32 Å². The smallest absolute Gasteiger partial charge is 0.224 e. The third-order valence-electron chi connectivity index (χ3n) is 2.25. The molecule has 1 aromatic carbocycles. The molecule has 0 aliphatic carbocycles. The minimum absolute atomic E-state index is 0.126. The third kappa shape index (κ3) is 1.09. The summed E-state index contributed by atoms with van der Waals surface area (Å²) in [6, 6.07) is 8.24. The molecule has 1 unspecified atom stereocenters. The number of carbonyl (C=O) groups is 1. The predicted molar refractivity (Wildman–Crippen MR) is 46.7 cm³/mol. The number of hydrogen-bond donors (Lipinski definition) is 1. The van der Waals surface area contributed by atoms with E-state index in [9.17, 15) is 4.79 Å². The quantitative estimate of drug-likeness (QED) is 0.612. The van der Waals surface area contributed by atoms with Gasteiger partial charge in [0.25, 0.3) is 0 Å². The number of carbonyl (C=O) groups excluding carboxylic acids is 1. The summed E-state index contributed by atoms with van der Waals surface area (Å²) in [4.78, 5) is 11.1. The summed E-state index contributed by atoms with van der Waals surface area (Å²) in [5.74, 6) is 0.126. The van der Waals surface area contributed by atoms with E-state index in [2.05, 4.69) is 11.4 Å². The monoisotopic (exact) mass is 161 g/mol. The molecule has 0 spiro atoms. The highest BCUT2D eigenvalue weighted by atomic mass is 16.1. The fourth-order valence-electron chi connectivity index (χ4n) is 1.66. The normalized spacial score (nSPS) is 21.4. The van der Waals surface area contributed by atoms with Crippen LogP contribution >= 0.6 is 0 Å². The summed E-state index contributed by atoms with van der Waals surface area (Å²) in [5, 5.41) is 2.90. The van der Waals surface area contributed by atoms with Gasteiger partial charge in [-0.2, -0.15) is 0 Å². The van der Waals surface area contributed by atoms with Gasteiger partial charge < -0.3 is 5.32 Å². The molecular weight excluding hydrogens is 150 g/mol. The van der Waals surface area contributed by atoms with Gasteiger partial charge >= 0.3 is 0 Å². The van der Waals surface area contributed by atoms with Gasteiger partial charge in [0.1, 0.15) is 0 Å². The van der Waals surface area contributed by atoms with Crippen molar-refractivity contribution in [3.8, 4) is 0 Å². The first-order chi connectivity index (χ1) is 5.77.